The number of nitrogen functional groups attached to an aromatic ring is 1. The molecule has 3 N–H and O–H groups in total. The Bertz CT molecular complexity index is 552. The van der Waals surface area contributed by atoms with Crippen molar-refractivity contribution in [2.24, 2.45) is 5.92 Å². The molecule has 1 aromatic rings. The Hall–Kier alpha value is -1.07. The lowest BCUT2D eigenvalue weighted by molar-refractivity contribution is 0.577. The van der Waals surface area contributed by atoms with Gasteiger partial charge < -0.3 is 5.73 Å². The zero-order valence-corrected chi connectivity index (χ0v) is 11.1. The number of nitrogens with two attached hydrogens (primary N) is 1. The van der Waals surface area contributed by atoms with Crippen molar-refractivity contribution in [3.63, 3.8) is 0 Å². The summed E-state index contributed by atoms with van der Waals surface area (Å²) in [7, 11) is -3.44. The fraction of sp³-hybridized carbons (Fsp3) is 0.500. The quantitative estimate of drug-likeness (QED) is 0.804. The number of hydrogen-bond donors (Lipinski definition) is 2. The molecule has 1 fully saturated rings. The Balaban J connectivity index is 2.42. The predicted molar refractivity (Wildman–Crippen MR) is 68.2 cm³/mol. The summed E-state index contributed by atoms with van der Waals surface area (Å²) in [6.07, 6.45) is 0.916. The molecule has 0 amide bonds. The molecule has 1 aliphatic carbocycles. The Morgan fingerprint density at radius 1 is 1.35 bits per heavy atom. The van der Waals surface area contributed by atoms with Gasteiger partial charge in [0.2, 0.25) is 10.0 Å². The van der Waals surface area contributed by atoms with Crippen LogP contribution >= 0.6 is 0 Å². The van der Waals surface area contributed by atoms with E-state index >= 15 is 0 Å². The second-order valence-electron chi connectivity index (χ2n) is 4.87. The largest absolute Gasteiger partial charge is 0.398 e. The molecule has 1 aromatic carbocycles. The molecule has 5 heteroatoms. The zero-order chi connectivity index (χ0) is 12.8. The van der Waals surface area contributed by atoms with E-state index in [9.17, 15) is 8.42 Å². The highest BCUT2D eigenvalue weighted by Gasteiger charge is 2.37. The van der Waals surface area contributed by atoms with Gasteiger partial charge in [-0.15, -0.1) is 0 Å². The topological polar surface area (TPSA) is 72.2 Å². The van der Waals surface area contributed by atoms with Gasteiger partial charge in [0.15, 0.2) is 0 Å². The molecule has 0 bridgehead atoms. The van der Waals surface area contributed by atoms with Gasteiger partial charge >= 0.3 is 0 Å². The first-order valence-corrected chi connectivity index (χ1v) is 7.19. The van der Waals surface area contributed by atoms with Crippen LogP contribution < -0.4 is 10.5 Å². The Labute approximate surface area is 102 Å². The number of hydrogen-bond acceptors (Lipinski definition) is 3. The highest BCUT2D eigenvalue weighted by molar-refractivity contribution is 7.89. The second kappa shape index (κ2) is 3.99. The monoisotopic (exact) mass is 254 g/mol. The Morgan fingerprint density at radius 2 is 1.94 bits per heavy atom. The maximum absolute atomic E-state index is 12.3. The lowest BCUT2D eigenvalue weighted by Gasteiger charge is -2.13. The summed E-state index contributed by atoms with van der Waals surface area (Å²) in [5.74, 6) is 0.437. The van der Waals surface area contributed by atoms with Crippen molar-refractivity contribution >= 4 is 15.7 Å². The van der Waals surface area contributed by atoms with Crippen molar-refractivity contribution in [3.8, 4) is 0 Å². The fourth-order valence-corrected chi connectivity index (χ4v) is 3.86. The van der Waals surface area contributed by atoms with Crippen LogP contribution in [-0.4, -0.2) is 14.5 Å². The van der Waals surface area contributed by atoms with E-state index in [-0.39, 0.29) is 6.04 Å². The molecular weight excluding hydrogens is 236 g/mol. The summed E-state index contributed by atoms with van der Waals surface area (Å²) in [6, 6.07) is 3.57. The first-order chi connectivity index (χ1) is 7.83. The zero-order valence-electron chi connectivity index (χ0n) is 10.3. The van der Waals surface area contributed by atoms with Crippen LogP contribution in [0.1, 0.15) is 24.5 Å². The van der Waals surface area contributed by atoms with Crippen LogP contribution in [0, 0.1) is 19.8 Å². The van der Waals surface area contributed by atoms with E-state index < -0.39 is 10.0 Å². The minimum absolute atomic E-state index is 0.0835. The van der Waals surface area contributed by atoms with Crippen molar-refractivity contribution in [1.82, 2.24) is 4.72 Å². The van der Waals surface area contributed by atoms with Gasteiger partial charge in [0, 0.05) is 11.7 Å². The molecule has 0 spiro atoms. The summed E-state index contributed by atoms with van der Waals surface area (Å²) in [6.45, 7) is 5.57. The van der Waals surface area contributed by atoms with E-state index in [1.54, 1.807) is 26.0 Å². The molecule has 0 heterocycles. The Morgan fingerprint density at radius 3 is 2.47 bits per heavy atom. The third kappa shape index (κ3) is 2.30. The molecule has 0 saturated heterocycles. The molecule has 4 nitrogen and oxygen atoms in total. The Kier molecular flexibility index (Phi) is 2.91. The van der Waals surface area contributed by atoms with Crippen LogP contribution in [0.2, 0.25) is 0 Å². The van der Waals surface area contributed by atoms with Gasteiger partial charge in [-0.3, -0.25) is 0 Å². The third-order valence-corrected chi connectivity index (χ3v) is 5.11. The van der Waals surface area contributed by atoms with Crippen molar-refractivity contribution in [1.29, 1.82) is 0 Å². The average Bonchev–Trinajstić information content (AvgIpc) is 2.87. The predicted octanol–water partition coefficient (Wildman–Crippen LogP) is 1.57. The van der Waals surface area contributed by atoms with Crippen molar-refractivity contribution in [3.05, 3.63) is 23.3 Å². The van der Waals surface area contributed by atoms with E-state index in [2.05, 4.69) is 4.72 Å². The van der Waals surface area contributed by atoms with E-state index in [0.717, 1.165) is 12.0 Å². The maximum Gasteiger partial charge on any atom is 0.241 e. The van der Waals surface area contributed by atoms with E-state index in [1.165, 1.54) is 0 Å². The summed E-state index contributed by atoms with van der Waals surface area (Å²) in [5, 5.41) is 0. The van der Waals surface area contributed by atoms with Gasteiger partial charge in [-0.25, -0.2) is 13.1 Å². The molecule has 94 valence electrons. The normalized spacial score (nSPS) is 23.7. The number of nitrogens with one attached hydrogen (secondary N) is 1. The van der Waals surface area contributed by atoms with E-state index in [0.29, 0.717) is 22.1 Å². The van der Waals surface area contributed by atoms with Crippen molar-refractivity contribution < 1.29 is 8.42 Å². The van der Waals surface area contributed by atoms with Crippen molar-refractivity contribution in [2.75, 3.05) is 5.73 Å². The average molecular weight is 254 g/mol. The maximum atomic E-state index is 12.3. The fourth-order valence-electron chi connectivity index (χ4n) is 2.00. The highest BCUT2D eigenvalue weighted by Crippen LogP contribution is 2.32. The number of anilines is 1. The summed E-state index contributed by atoms with van der Waals surface area (Å²) < 4.78 is 27.2. The molecule has 2 rings (SSSR count). The summed E-state index contributed by atoms with van der Waals surface area (Å²) in [5.41, 5.74) is 7.65. The molecule has 17 heavy (non-hydrogen) atoms. The molecule has 0 radical (unpaired) electrons. The summed E-state index contributed by atoms with van der Waals surface area (Å²) >= 11 is 0. The van der Waals surface area contributed by atoms with Crippen LogP contribution in [-0.2, 0) is 10.0 Å². The minimum Gasteiger partial charge on any atom is -0.398 e. The van der Waals surface area contributed by atoms with Gasteiger partial charge in [0.1, 0.15) is 0 Å². The third-order valence-electron chi connectivity index (χ3n) is 3.33. The van der Waals surface area contributed by atoms with Gasteiger partial charge in [-0.2, -0.15) is 0 Å². The van der Waals surface area contributed by atoms with Gasteiger partial charge in [-0.05, 0) is 43.4 Å². The number of sulfonamides is 1. The first-order valence-electron chi connectivity index (χ1n) is 5.71. The van der Waals surface area contributed by atoms with Gasteiger partial charge in [-0.1, -0.05) is 13.0 Å². The van der Waals surface area contributed by atoms with Gasteiger partial charge in [0.05, 0.1) is 4.90 Å². The molecule has 2 atom stereocenters. The number of rotatable bonds is 3. The highest BCUT2D eigenvalue weighted by atomic mass is 32.2. The summed E-state index contributed by atoms with van der Waals surface area (Å²) in [4.78, 5) is 0.330. The number of benzene rings is 1. The van der Waals surface area contributed by atoms with Crippen LogP contribution in [0.5, 0.6) is 0 Å². The van der Waals surface area contributed by atoms with E-state index in [4.69, 9.17) is 5.73 Å². The van der Waals surface area contributed by atoms with E-state index in [1.807, 2.05) is 6.92 Å². The van der Waals surface area contributed by atoms with Crippen LogP contribution in [0.3, 0.4) is 0 Å². The first kappa shape index (κ1) is 12.4. The lowest BCUT2D eigenvalue weighted by atomic mass is 10.1. The SMILES string of the molecule is Cc1ccc(N)c(C)c1S(=O)(=O)NC1CC1C. The van der Waals surface area contributed by atoms with Crippen LogP contribution in [0.25, 0.3) is 0 Å². The number of aryl methyl sites for hydroxylation is 1. The molecule has 1 aliphatic rings. The van der Waals surface area contributed by atoms with Crippen LogP contribution in [0.15, 0.2) is 17.0 Å². The molecule has 0 aliphatic heterocycles. The smallest absolute Gasteiger partial charge is 0.241 e. The standard InChI is InChI=1S/C12H18N2O2S/c1-7-4-5-10(13)9(3)12(7)17(15,16)14-11-6-8(11)2/h4-5,8,11,14H,6,13H2,1-3H3. The van der Waals surface area contributed by atoms with Gasteiger partial charge in [0.25, 0.3) is 0 Å². The molecular formula is C12H18N2O2S. The molecule has 2 unspecified atom stereocenters. The lowest BCUT2D eigenvalue weighted by Crippen LogP contribution is -2.28. The van der Waals surface area contributed by atoms with Crippen LogP contribution in [0.4, 0.5) is 5.69 Å². The van der Waals surface area contributed by atoms with Crippen molar-refractivity contribution in [2.45, 2.75) is 38.1 Å². The molecule has 1 saturated carbocycles. The minimum atomic E-state index is -3.44. The second-order valence-corrected chi connectivity index (χ2v) is 6.52. The molecule has 0 aromatic heterocycles.